The summed E-state index contributed by atoms with van der Waals surface area (Å²) < 4.78 is 10.8. The van der Waals surface area contributed by atoms with Crippen LogP contribution in [0.25, 0.3) is 0 Å². The van der Waals surface area contributed by atoms with Gasteiger partial charge in [0, 0.05) is 18.0 Å². The minimum Gasteiger partial charge on any atom is -0.348 e. The molecule has 0 unspecified atom stereocenters. The fourth-order valence-electron chi connectivity index (χ4n) is 1.20. The molecule has 2 rings (SSSR count). The van der Waals surface area contributed by atoms with Crippen LogP contribution < -0.4 is 0 Å². The summed E-state index contributed by atoms with van der Waals surface area (Å²) in [6.45, 7) is 3.35. The summed E-state index contributed by atoms with van der Waals surface area (Å²) >= 11 is 0. The minimum atomic E-state index is -0.269. The van der Waals surface area contributed by atoms with Crippen LogP contribution in [0.5, 0.6) is 0 Å². The number of aryl methyl sites for hydroxylation is 1. The molecule has 1 saturated heterocycles. The molecule has 0 aliphatic carbocycles. The van der Waals surface area contributed by atoms with Crippen LogP contribution in [0.2, 0.25) is 0 Å². The van der Waals surface area contributed by atoms with Crippen LogP contribution >= 0.6 is 0 Å². The smallest absolute Gasteiger partial charge is 0.186 e. The second kappa shape index (κ2) is 3.81. The Morgan fingerprint density at radius 3 is 2.46 bits per heavy atom. The molecule has 13 heavy (non-hydrogen) atoms. The zero-order valence-electron chi connectivity index (χ0n) is 7.56. The largest absolute Gasteiger partial charge is 0.348 e. The molecule has 0 atom stereocenters. The van der Waals surface area contributed by atoms with Crippen molar-refractivity contribution in [3.63, 3.8) is 0 Å². The van der Waals surface area contributed by atoms with Crippen LogP contribution in [0.1, 0.15) is 24.1 Å². The van der Waals surface area contributed by atoms with Crippen molar-refractivity contribution in [1.82, 2.24) is 9.97 Å². The van der Waals surface area contributed by atoms with Crippen molar-refractivity contribution in [2.75, 3.05) is 13.2 Å². The zero-order valence-corrected chi connectivity index (χ0v) is 7.56. The Morgan fingerprint density at radius 2 is 1.85 bits per heavy atom. The van der Waals surface area contributed by atoms with Crippen molar-refractivity contribution in [2.45, 2.75) is 19.6 Å². The molecular formula is C9H12N2O2. The minimum absolute atomic E-state index is 0.269. The molecule has 2 heterocycles. The summed E-state index contributed by atoms with van der Waals surface area (Å²) in [5.41, 5.74) is 0.894. The Hall–Kier alpha value is -1.00. The first kappa shape index (κ1) is 8.59. The normalized spacial score (nSPS) is 18.8. The SMILES string of the molecule is Cc1ncc(C2OCCCO2)cn1. The van der Waals surface area contributed by atoms with Gasteiger partial charge in [-0.1, -0.05) is 0 Å². The van der Waals surface area contributed by atoms with Gasteiger partial charge in [-0.25, -0.2) is 9.97 Å². The molecule has 1 aromatic rings. The summed E-state index contributed by atoms with van der Waals surface area (Å²) in [6.07, 6.45) is 4.19. The van der Waals surface area contributed by atoms with Gasteiger partial charge in [-0.2, -0.15) is 0 Å². The number of hydrogen-bond donors (Lipinski definition) is 0. The monoisotopic (exact) mass is 180 g/mol. The number of rotatable bonds is 1. The summed E-state index contributed by atoms with van der Waals surface area (Å²) in [5, 5.41) is 0. The molecule has 1 aliphatic rings. The lowest BCUT2D eigenvalue weighted by molar-refractivity contribution is -0.183. The first-order valence-electron chi connectivity index (χ1n) is 4.38. The highest BCUT2D eigenvalue weighted by Gasteiger charge is 2.16. The average molecular weight is 180 g/mol. The highest BCUT2D eigenvalue weighted by molar-refractivity contribution is 5.06. The Morgan fingerprint density at radius 1 is 1.23 bits per heavy atom. The number of nitrogens with zero attached hydrogens (tertiary/aromatic N) is 2. The van der Waals surface area contributed by atoms with Crippen LogP contribution in [0.15, 0.2) is 12.4 Å². The van der Waals surface area contributed by atoms with E-state index in [0.29, 0.717) is 0 Å². The third-order valence-corrected chi connectivity index (χ3v) is 1.90. The van der Waals surface area contributed by atoms with Crippen molar-refractivity contribution < 1.29 is 9.47 Å². The molecular weight excluding hydrogens is 168 g/mol. The van der Waals surface area contributed by atoms with Gasteiger partial charge in [-0.3, -0.25) is 0 Å². The lowest BCUT2D eigenvalue weighted by Crippen LogP contribution is -2.18. The molecule has 4 nitrogen and oxygen atoms in total. The van der Waals surface area contributed by atoms with Crippen LogP contribution in [0.4, 0.5) is 0 Å². The molecule has 1 aromatic heterocycles. The maximum atomic E-state index is 5.40. The van der Waals surface area contributed by atoms with Crippen molar-refractivity contribution in [1.29, 1.82) is 0 Å². The summed E-state index contributed by atoms with van der Waals surface area (Å²) in [5.74, 6) is 0.763. The molecule has 0 N–H and O–H groups in total. The van der Waals surface area contributed by atoms with E-state index in [-0.39, 0.29) is 6.29 Å². The van der Waals surface area contributed by atoms with Gasteiger partial charge in [-0.15, -0.1) is 0 Å². The van der Waals surface area contributed by atoms with Crippen LogP contribution in [-0.4, -0.2) is 23.2 Å². The Kier molecular flexibility index (Phi) is 2.52. The quantitative estimate of drug-likeness (QED) is 0.651. The van der Waals surface area contributed by atoms with E-state index < -0.39 is 0 Å². The average Bonchev–Trinajstić information content (AvgIpc) is 2.20. The van der Waals surface area contributed by atoms with Crippen LogP contribution in [0, 0.1) is 6.92 Å². The van der Waals surface area contributed by atoms with Gasteiger partial charge in [0.25, 0.3) is 0 Å². The maximum absolute atomic E-state index is 5.40. The van der Waals surface area contributed by atoms with Gasteiger partial charge in [0.05, 0.1) is 13.2 Å². The fraction of sp³-hybridized carbons (Fsp3) is 0.556. The van der Waals surface area contributed by atoms with E-state index in [9.17, 15) is 0 Å². The van der Waals surface area contributed by atoms with E-state index in [1.165, 1.54) is 0 Å². The third-order valence-electron chi connectivity index (χ3n) is 1.90. The first-order valence-corrected chi connectivity index (χ1v) is 4.38. The molecule has 4 heteroatoms. The van der Waals surface area contributed by atoms with Crippen molar-refractivity contribution >= 4 is 0 Å². The fourth-order valence-corrected chi connectivity index (χ4v) is 1.20. The second-order valence-electron chi connectivity index (χ2n) is 2.99. The topological polar surface area (TPSA) is 44.2 Å². The highest BCUT2D eigenvalue weighted by atomic mass is 16.7. The number of ether oxygens (including phenoxy) is 2. The summed E-state index contributed by atoms with van der Waals surface area (Å²) in [6, 6.07) is 0. The lowest BCUT2D eigenvalue weighted by Gasteiger charge is -2.22. The van der Waals surface area contributed by atoms with Gasteiger partial charge in [0.15, 0.2) is 6.29 Å². The molecule has 0 bridgehead atoms. The molecule has 0 aromatic carbocycles. The predicted molar refractivity (Wildman–Crippen MR) is 46.0 cm³/mol. The van der Waals surface area contributed by atoms with Crippen LogP contribution in [0.3, 0.4) is 0 Å². The zero-order chi connectivity index (χ0) is 9.10. The lowest BCUT2D eigenvalue weighted by atomic mass is 10.3. The highest BCUT2D eigenvalue weighted by Crippen LogP contribution is 2.20. The van der Waals surface area contributed by atoms with Gasteiger partial charge in [0.2, 0.25) is 0 Å². The van der Waals surface area contributed by atoms with Gasteiger partial charge in [-0.05, 0) is 13.3 Å². The summed E-state index contributed by atoms with van der Waals surface area (Å²) in [4.78, 5) is 8.17. The van der Waals surface area contributed by atoms with Gasteiger partial charge in [0.1, 0.15) is 5.82 Å². The van der Waals surface area contributed by atoms with Gasteiger partial charge < -0.3 is 9.47 Å². The van der Waals surface area contributed by atoms with Crippen molar-refractivity contribution in [2.24, 2.45) is 0 Å². The van der Waals surface area contributed by atoms with E-state index in [0.717, 1.165) is 31.0 Å². The van der Waals surface area contributed by atoms with E-state index in [1.807, 2.05) is 6.92 Å². The van der Waals surface area contributed by atoms with Crippen molar-refractivity contribution in [3.05, 3.63) is 23.8 Å². The van der Waals surface area contributed by atoms with E-state index in [4.69, 9.17) is 9.47 Å². The molecule has 0 radical (unpaired) electrons. The molecule has 0 amide bonds. The van der Waals surface area contributed by atoms with Gasteiger partial charge >= 0.3 is 0 Å². The Labute approximate surface area is 76.9 Å². The Bertz CT molecular complexity index is 267. The number of hydrogen-bond acceptors (Lipinski definition) is 4. The Balaban J connectivity index is 2.10. The first-order chi connectivity index (χ1) is 6.36. The maximum Gasteiger partial charge on any atom is 0.186 e. The predicted octanol–water partition coefficient (Wildman–Crippen LogP) is 1.22. The van der Waals surface area contributed by atoms with Crippen molar-refractivity contribution in [3.8, 4) is 0 Å². The third kappa shape index (κ3) is 2.02. The van der Waals surface area contributed by atoms with E-state index in [2.05, 4.69) is 9.97 Å². The molecule has 1 aliphatic heterocycles. The summed E-state index contributed by atoms with van der Waals surface area (Å²) in [7, 11) is 0. The number of aromatic nitrogens is 2. The second-order valence-corrected chi connectivity index (χ2v) is 2.99. The standard InChI is InChI=1S/C9H12N2O2/c1-7-10-5-8(6-11-7)9-12-3-2-4-13-9/h5-6,9H,2-4H2,1H3. The molecule has 0 spiro atoms. The van der Waals surface area contributed by atoms with E-state index >= 15 is 0 Å². The molecule has 0 saturated carbocycles. The van der Waals surface area contributed by atoms with Crippen LogP contribution in [-0.2, 0) is 9.47 Å². The van der Waals surface area contributed by atoms with E-state index in [1.54, 1.807) is 12.4 Å². The molecule has 1 fully saturated rings. The molecule has 70 valence electrons.